The van der Waals surface area contributed by atoms with Crippen LogP contribution in [0, 0.1) is 0 Å². The third-order valence-electron chi connectivity index (χ3n) is 4.36. The molecule has 2 amide bonds. The number of furan rings is 1. The van der Waals surface area contributed by atoms with Crippen LogP contribution in [0.3, 0.4) is 0 Å². The zero-order valence-corrected chi connectivity index (χ0v) is 16.5. The lowest BCUT2D eigenvalue weighted by molar-refractivity contribution is -0.147. The first-order chi connectivity index (χ1) is 14.5. The molecule has 0 saturated carbocycles. The minimum atomic E-state index is -0.704. The molecule has 0 bridgehead atoms. The first-order valence-corrected chi connectivity index (χ1v) is 9.45. The predicted octanol–water partition coefficient (Wildman–Crippen LogP) is 3.10. The van der Waals surface area contributed by atoms with E-state index in [1.807, 2.05) is 42.5 Å². The minimum Gasteiger partial charge on any atom is -0.467 e. The summed E-state index contributed by atoms with van der Waals surface area (Å²) in [5, 5.41) is 5.13. The Morgan fingerprint density at radius 1 is 0.933 bits per heavy atom. The lowest BCUT2D eigenvalue weighted by Crippen LogP contribution is -2.34. The molecule has 0 radical (unpaired) electrons. The summed E-state index contributed by atoms with van der Waals surface area (Å²) in [6, 6.07) is 20.0. The van der Waals surface area contributed by atoms with Crippen molar-refractivity contribution in [3.8, 4) is 11.1 Å². The molecule has 3 rings (SSSR count). The molecule has 7 nitrogen and oxygen atoms in total. The number of carbonyl (C=O) groups excluding carboxylic acids is 3. The van der Waals surface area contributed by atoms with Gasteiger partial charge in [0.1, 0.15) is 12.3 Å². The van der Waals surface area contributed by atoms with Crippen molar-refractivity contribution in [2.75, 3.05) is 13.2 Å². The van der Waals surface area contributed by atoms with Gasteiger partial charge in [-0.2, -0.15) is 0 Å². The minimum absolute atomic E-state index is 0.333. The second-order valence-electron chi connectivity index (χ2n) is 6.59. The Morgan fingerprint density at radius 2 is 1.63 bits per heavy atom. The van der Waals surface area contributed by atoms with Crippen molar-refractivity contribution in [2.24, 2.45) is 0 Å². The van der Waals surface area contributed by atoms with E-state index in [1.54, 1.807) is 31.2 Å². The first-order valence-electron chi connectivity index (χ1n) is 9.45. The van der Waals surface area contributed by atoms with E-state index in [2.05, 4.69) is 10.6 Å². The number of esters is 1. The fourth-order valence-electron chi connectivity index (χ4n) is 2.79. The number of hydrogen-bond acceptors (Lipinski definition) is 5. The van der Waals surface area contributed by atoms with Crippen molar-refractivity contribution >= 4 is 17.8 Å². The molecule has 0 fully saturated rings. The molecule has 1 heterocycles. The van der Waals surface area contributed by atoms with Crippen LogP contribution in [-0.4, -0.2) is 30.9 Å². The van der Waals surface area contributed by atoms with E-state index in [4.69, 9.17) is 9.15 Å². The zero-order valence-electron chi connectivity index (χ0n) is 16.5. The van der Waals surface area contributed by atoms with Gasteiger partial charge in [-0.1, -0.05) is 42.5 Å². The van der Waals surface area contributed by atoms with Crippen LogP contribution in [-0.2, 0) is 14.3 Å². The standard InChI is InChI=1S/C23H22N2O5/c1-16(20-8-5-13-29-20)25-21(26)15-30-22(27)14-24-23(28)19-11-9-18(10-12-19)17-6-3-2-4-7-17/h2-13,16H,14-15H2,1H3,(H,24,28)(H,25,26)/t16-/m1/s1. The topological polar surface area (TPSA) is 97.6 Å². The van der Waals surface area contributed by atoms with Crippen LogP contribution in [0.2, 0.25) is 0 Å². The van der Waals surface area contributed by atoms with Crippen LogP contribution in [0.4, 0.5) is 0 Å². The molecule has 0 unspecified atom stereocenters. The Kier molecular flexibility index (Phi) is 7.00. The smallest absolute Gasteiger partial charge is 0.325 e. The Labute approximate surface area is 174 Å². The van der Waals surface area contributed by atoms with Crippen molar-refractivity contribution in [3.05, 3.63) is 84.3 Å². The van der Waals surface area contributed by atoms with Gasteiger partial charge in [0.15, 0.2) is 6.61 Å². The predicted molar refractivity (Wildman–Crippen MR) is 110 cm³/mol. The number of rotatable bonds is 8. The third kappa shape index (κ3) is 5.81. The molecule has 0 aliphatic carbocycles. The van der Waals surface area contributed by atoms with E-state index in [0.29, 0.717) is 11.3 Å². The highest BCUT2D eigenvalue weighted by atomic mass is 16.5. The van der Waals surface area contributed by atoms with Crippen LogP contribution in [0.15, 0.2) is 77.4 Å². The average Bonchev–Trinajstić information content (AvgIpc) is 3.32. The van der Waals surface area contributed by atoms with Crippen LogP contribution in [0.5, 0.6) is 0 Å². The lowest BCUT2D eigenvalue weighted by atomic mass is 10.0. The number of amides is 2. The zero-order chi connectivity index (χ0) is 21.3. The fraction of sp³-hybridized carbons (Fsp3) is 0.174. The summed E-state index contributed by atoms with van der Waals surface area (Å²) in [4.78, 5) is 35.8. The molecule has 3 aromatic rings. The van der Waals surface area contributed by atoms with E-state index in [9.17, 15) is 14.4 Å². The number of ether oxygens (including phenoxy) is 1. The Hall–Kier alpha value is -3.87. The van der Waals surface area contributed by atoms with Gasteiger partial charge in [-0.05, 0) is 42.3 Å². The van der Waals surface area contributed by atoms with Gasteiger partial charge in [0.2, 0.25) is 0 Å². The van der Waals surface area contributed by atoms with Crippen molar-refractivity contribution in [2.45, 2.75) is 13.0 Å². The van der Waals surface area contributed by atoms with Gasteiger partial charge in [0.05, 0.1) is 12.3 Å². The number of hydrogen-bond donors (Lipinski definition) is 2. The van der Waals surface area contributed by atoms with Crippen molar-refractivity contribution < 1.29 is 23.5 Å². The molecule has 1 atom stereocenters. The Balaban J connectivity index is 1.41. The number of benzene rings is 2. The molecule has 2 N–H and O–H groups in total. The molecular weight excluding hydrogens is 384 g/mol. The van der Waals surface area contributed by atoms with Crippen molar-refractivity contribution in [3.63, 3.8) is 0 Å². The van der Waals surface area contributed by atoms with E-state index in [1.165, 1.54) is 6.26 Å². The maximum absolute atomic E-state index is 12.2. The monoisotopic (exact) mass is 406 g/mol. The fourth-order valence-corrected chi connectivity index (χ4v) is 2.79. The number of carbonyl (C=O) groups is 3. The highest BCUT2D eigenvalue weighted by Gasteiger charge is 2.14. The molecule has 2 aromatic carbocycles. The molecule has 0 aliphatic heterocycles. The second kappa shape index (κ2) is 10.1. The second-order valence-corrected chi connectivity index (χ2v) is 6.59. The molecular formula is C23H22N2O5. The maximum atomic E-state index is 12.2. The van der Waals surface area contributed by atoms with Gasteiger partial charge in [0, 0.05) is 5.56 Å². The van der Waals surface area contributed by atoms with E-state index >= 15 is 0 Å². The van der Waals surface area contributed by atoms with Gasteiger partial charge in [-0.25, -0.2) is 0 Å². The normalized spacial score (nSPS) is 11.4. The summed E-state index contributed by atoms with van der Waals surface area (Å²) >= 11 is 0. The Morgan fingerprint density at radius 3 is 2.30 bits per heavy atom. The number of nitrogens with one attached hydrogen (secondary N) is 2. The summed E-state index contributed by atoms with van der Waals surface area (Å²) in [6.07, 6.45) is 1.51. The van der Waals surface area contributed by atoms with Crippen molar-refractivity contribution in [1.29, 1.82) is 0 Å². The quantitative estimate of drug-likeness (QED) is 0.560. The molecule has 0 saturated heterocycles. The largest absolute Gasteiger partial charge is 0.467 e. The van der Waals surface area contributed by atoms with Crippen molar-refractivity contribution in [1.82, 2.24) is 10.6 Å². The molecule has 30 heavy (non-hydrogen) atoms. The highest BCUT2D eigenvalue weighted by molar-refractivity contribution is 5.96. The molecule has 0 spiro atoms. The Bertz CT molecular complexity index is 982. The van der Waals surface area contributed by atoms with Gasteiger partial charge >= 0.3 is 5.97 Å². The first kappa shape index (κ1) is 20.9. The van der Waals surface area contributed by atoms with E-state index < -0.39 is 24.4 Å². The van der Waals surface area contributed by atoms with Crippen LogP contribution in [0.25, 0.3) is 11.1 Å². The van der Waals surface area contributed by atoms with Crippen LogP contribution in [0.1, 0.15) is 29.1 Å². The summed E-state index contributed by atoms with van der Waals surface area (Å²) in [5.74, 6) is -0.970. The van der Waals surface area contributed by atoms with Gasteiger partial charge in [-0.15, -0.1) is 0 Å². The molecule has 154 valence electrons. The lowest BCUT2D eigenvalue weighted by Gasteiger charge is -2.11. The highest BCUT2D eigenvalue weighted by Crippen LogP contribution is 2.19. The van der Waals surface area contributed by atoms with Gasteiger partial charge < -0.3 is 19.8 Å². The molecule has 0 aliphatic rings. The summed E-state index contributed by atoms with van der Waals surface area (Å²) < 4.78 is 10.1. The molecule has 1 aromatic heterocycles. The summed E-state index contributed by atoms with van der Waals surface area (Å²) in [7, 11) is 0. The maximum Gasteiger partial charge on any atom is 0.325 e. The van der Waals surface area contributed by atoms with Gasteiger partial charge in [-0.3, -0.25) is 14.4 Å². The summed E-state index contributed by atoms with van der Waals surface area (Å²) in [5.41, 5.74) is 2.46. The third-order valence-corrected chi connectivity index (χ3v) is 4.36. The summed E-state index contributed by atoms with van der Waals surface area (Å²) in [6.45, 7) is 0.980. The van der Waals surface area contributed by atoms with Crippen LogP contribution >= 0.6 is 0 Å². The molecule has 7 heteroatoms. The van der Waals surface area contributed by atoms with Gasteiger partial charge in [0.25, 0.3) is 11.8 Å². The van der Waals surface area contributed by atoms with E-state index in [0.717, 1.165) is 11.1 Å². The average molecular weight is 406 g/mol. The van der Waals surface area contributed by atoms with Crippen LogP contribution < -0.4 is 10.6 Å². The SMILES string of the molecule is C[C@@H](NC(=O)COC(=O)CNC(=O)c1ccc(-c2ccccc2)cc1)c1ccco1. The van der Waals surface area contributed by atoms with E-state index in [-0.39, 0.29) is 12.6 Å².